The molecule has 0 unspecified atom stereocenters. The Labute approximate surface area is 136 Å². The van der Waals surface area contributed by atoms with Gasteiger partial charge in [0.25, 0.3) is 0 Å². The van der Waals surface area contributed by atoms with Gasteiger partial charge in [0.15, 0.2) is 0 Å². The van der Waals surface area contributed by atoms with E-state index in [0.717, 1.165) is 18.1 Å². The van der Waals surface area contributed by atoms with Crippen LogP contribution in [0.5, 0.6) is 0 Å². The Morgan fingerprint density at radius 3 is 2.17 bits per heavy atom. The van der Waals surface area contributed by atoms with Crippen molar-refractivity contribution in [3.05, 3.63) is 78.5 Å². The van der Waals surface area contributed by atoms with Crippen LogP contribution in [0.2, 0.25) is 0 Å². The summed E-state index contributed by atoms with van der Waals surface area (Å²) in [6.45, 7) is 5.14. The number of rotatable bonds is 5. The Bertz CT molecular complexity index is 724. The highest BCUT2D eigenvalue weighted by molar-refractivity contribution is 5.60. The molecule has 4 heteroatoms. The molecular formula is C19H20N4. The summed E-state index contributed by atoms with van der Waals surface area (Å²) in [5, 5.41) is 0. The summed E-state index contributed by atoms with van der Waals surface area (Å²) < 4.78 is 0. The summed E-state index contributed by atoms with van der Waals surface area (Å²) in [5.74, 6) is 1.41. The monoisotopic (exact) mass is 304 g/mol. The van der Waals surface area contributed by atoms with Gasteiger partial charge in [0.2, 0.25) is 0 Å². The van der Waals surface area contributed by atoms with Crippen LogP contribution >= 0.6 is 0 Å². The summed E-state index contributed by atoms with van der Waals surface area (Å²) in [4.78, 5) is 14.7. The molecule has 2 aromatic heterocycles. The lowest BCUT2D eigenvalue weighted by Crippen LogP contribution is -2.17. The molecule has 3 rings (SSSR count). The van der Waals surface area contributed by atoms with Gasteiger partial charge in [0.05, 0.1) is 0 Å². The van der Waals surface area contributed by atoms with Gasteiger partial charge >= 0.3 is 0 Å². The molecule has 0 bridgehead atoms. The lowest BCUT2D eigenvalue weighted by atomic mass is 10.0. The molecule has 0 radical (unpaired) electrons. The zero-order chi connectivity index (χ0) is 16.1. The smallest absolute Gasteiger partial charge is 0.136 e. The van der Waals surface area contributed by atoms with Gasteiger partial charge in [-0.15, -0.1) is 0 Å². The molecule has 23 heavy (non-hydrogen) atoms. The zero-order valence-electron chi connectivity index (χ0n) is 13.4. The Morgan fingerprint density at radius 1 is 0.870 bits per heavy atom. The van der Waals surface area contributed by atoms with E-state index in [1.54, 1.807) is 12.5 Å². The molecule has 0 N–H and O–H groups in total. The molecule has 0 aliphatic rings. The van der Waals surface area contributed by atoms with Crippen LogP contribution in [0.15, 0.2) is 67.4 Å². The number of hydrogen-bond acceptors (Lipinski definition) is 4. The number of anilines is 2. The van der Waals surface area contributed by atoms with Gasteiger partial charge in [0.1, 0.15) is 12.1 Å². The number of aromatic nitrogens is 3. The van der Waals surface area contributed by atoms with Crippen LogP contribution in [-0.2, 0) is 6.54 Å². The second-order valence-electron chi connectivity index (χ2n) is 5.76. The number of pyridine rings is 1. The third-order valence-electron chi connectivity index (χ3n) is 3.80. The third-order valence-corrected chi connectivity index (χ3v) is 3.80. The summed E-state index contributed by atoms with van der Waals surface area (Å²) >= 11 is 0. The van der Waals surface area contributed by atoms with E-state index in [2.05, 4.69) is 58.0 Å². The van der Waals surface area contributed by atoms with Crippen molar-refractivity contribution in [3.63, 3.8) is 0 Å². The minimum Gasteiger partial charge on any atom is -0.322 e. The maximum absolute atomic E-state index is 4.41. The molecule has 0 fully saturated rings. The van der Waals surface area contributed by atoms with Gasteiger partial charge in [-0.2, -0.15) is 0 Å². The highest BCUT2D eigenvalue weighted by Crippen LogP contribution is 2.27. The zero-order valence-corrected chi connectivity index (χ0v) is 13.4. The Balaban J connectivity index is 1.94. The maximum atomic E-state index is 4.41. The fourth-order valence-corrected chi connectivity index (χ4v) is 2.46. The molecule has 0 atom stereocenters. The maximum Gasteiger partial charge on any atom is 0.136 e. The molecule has 2 heterocycles. The molecule has 116 valence electrons. The van der Waals surface area contributed by atoms with Crippen LogP contribution in [-0.4, -0.2) is 15.0 Å². The lowest BCUT2D eigenvalue weighted by molar-refractivity contribution is 0.864. The largest absolute Gasteiger partial charge is 0.322 e. The topological polar surface area (TPSA) is 41.9 Å². The standard InChI is InChI=1S/C19H20N4/c1-15(2)17-3-5-18(6-4-17)23(19-9-12-21-14-22-19)13-16-7-10-20-11-8-16/h3-12,14-15H,13H2,1-2H3. The van der Waals surface area contributed by atoms with Crippen molar-refractivity contribution in [2.45, 2.75) is 26.3 Å². The summed E-state index contributed by atoms with van der Waals surface area (Å²) in [5.41, 5.74) is 3.64. The van der Waals surface area contributed by atoms with Crippen molar-refractivity contribution in [1.29, 1.82) is 0 Å². The molecule has 0 saturated heterocycles. The predicted molar refractivity (Wildman–Crippen MR) is 92.6 cm³/mol. The quantitative estimate of drug-likeness (QED) is 0.703. The average molecular weight is 304 g/mol. The molecule has 3 aromatic rings. The number of hydrogen-bond donors (Lipinski definition) is 0. The van der Waals surface area contributed by atoms with Gasteiger partial charge in [-0.25, -0.2) is 9.97 Å². The predicted octanol–water partition coefficient (Wildman–Crippen LogP) is 4.33. The Morgan fingerprint density at radius 2 is 1.57 bits per heavy atom. The SMILES string of the molecule is CC(C)c1ccc(N(Cc2ccncc2)c2ccncn2)cc1. The van der Waals surface area contributed by atoms with Crippen LogP contribution in [0, 0.1) is 0 Å². The highest BCUT2D eigenvalue weighted by Gasteiger charge is 2.12. The molecule has 0 aliphatic heterocycles. The normalized spacial score (nSPS) is 10.7. The minimum absolute atomic E-state index is 0.525. The second-order valence-corrected chi connectivity index (χ2v) is 5.76. The molecule has 1 aromatic carbocycles. The van der Waals surface area contributed by atoms with Crippen molar-refractivity contribution in [2.24, 2.45) is 0 Å². The van der Waals surface area contributed by atoms with Crippen molar-refractivity contribution < 1.29 is 0 Å². The van der Waals surface area contributed by atoms with E-state index in [4.69, 9.17) is 0 Å². The Hall–Kier alpha value is -2.75. The van der Waals surface area contributed by atoms with Crippen molar-refractivity contribution >= 4 is 11.5 Å². The summed E-state index contributed by atoms with van der Waals surface area (Å²) in [6, 6.07) is 14.6. The Kier molecular flexibility index (Phi) is 4.62. The van der Waals surface area contributed by atoms with Crippen molar-refractivity contribution in [2.75, 3.05) is 4.90 Å². The first kappa shape index (κ1) is 15.2. The van der Waals surface area contributed by atoms with Gasteiger partial charge < -0.3 is 4.90 Å². The number of nitrogens with zero attached hydrogens (tertiary/aromatic N) is 4. The molecule has 0 amide bonds. The third kappa shape index (κ3) is 3.72. The summed E-state index contributed by atoms with van der Waals surface area (Å²) in [7, 11) is 0. The first-order chi connectivity index (χ1) is 11.2. The molecule has 4 nitrogen and oxygen atoms in total. The van der Waals surface area contributed by atoms with Crippen LogP contribution in [0.25, 0.3) is 0 Å². The molecular weight excluding hydrogens is 284 g/mol. The van der Waals surface area contributed by atoms with Crippen LogP contribution in [0.3, 0.4) is 0 Å². The van der Waals surface area contributed by atoms with Crippen LogP contribution in [0.1, 0.15) is 30.9 Å². The second kappa shape index (κ2) is 7.01. The van der Waals surface area contributed by atoms with Crippen LogP contribution in [0.4, 0.5) is 11.5 Å². The molecule has 0 spiro atoms. The van der Waals surface area contributed by atoms with Crippen molar-refractivity contribution in [3.8, 4) is 0 Å². The van der Waals surface area contributed by atoms with E-state index < -0.39 is 0 Å². The average Bonchev–Trinajstić information content (AvgIpc) is 2.61. The van der Waals surface area contributed by atoms with E-state index in [-0.39, 0.29) is 0 Å². The molecule has 0 aliphatic carbocycles. The fraction of sp³-hybridized carbons (Fsp3) is 0.211. The van der Waals surface area contributed by atoms with Gasteiger partial charge in [0, 0.05) is 30.8 Å². The van der Waals surface area contributed by atoms with Crippen molar-refractivity contribution in [1.82, 2.24) is 15.0 Å². The van der Waals surface area contributed by atoms with E-state index in [1.165, 1.54) is 11.1 Å². The van der Waals surface area contributed by atoms with Gasteiger partial charge in [-0.1, -0.05) is 26.0 Å². The minimum atomic E-state index is 0.525. The van der Waals surface area contributed by atoms with Gasteiger partial charge in [-0.3, -0.25) is 4.98 Å². The van der Waals surface area contributed by atoms with Crippen LogP contribution < -0.4 is 4.90 Å². The number of benzene rings is 1. The fourth-order valence-electron chi connectivity index (χ4n) is 2.46. The van der Waals surface area contributed by atoms with E-state index in [9.17, 15) is 0 Å². The first-order valence-electron chi connectivity index (χ1n) is 7.76. The highest BCUT2D eigenvalue weighted by atomic mass is 15.2. The van der Waals surface area contributed by atoms with E-state index in [0.29, 0.717) is 5.92 Å². The van der Waals surface area contributed by atoms with Gasteiger partial charge in [-0.05, 0) is 47.4 Å². The lowest BCUT2D eigenvalue weighted by Gasteiger charge is -2.24. The molecule has 0 saturated carbocycles. The van der Waals surface area contributed by atoms with E-state index >= 15 is 0 Å². The summed E-state index contributed by atoms with van der Waals surface area (Å²) in [6.07, 6.45) is 6.98. The van der Waals surface area contributed by atoms with E-state index in [1.807, 2.05) is 30.6 Å². The first-order valence-corrected chi connectivity index (χ1v) is 7.76.